The van der Waals surface area contributed by atoms with Crippen LogP contribution in [0.2, 0.25) is 0 Å². The minimum atomic E-state index is 1.18. The molecule has 0 saturated carbocycles. The Morgan fingerprint density at radius 2 is 1.69 bits per heavy atom. The minimum absolute atomic E-state index is 1.18. The molecular weight excluding hydrogens is 160 g/mol. The van der Waals surface area contributed by atoms with Gasteiger partial charge < -0.3 is 10.2 Å². The Kier molecular flexibility index (Phi) is 2.50. The molecule has 1 aliphatic heterocycles. The molecule has 13 heavy (non-hydrogen) atoms. The summed E-state index contributed by atoms with van der Waals surface area (Å²) in [4.78, 5) is 2.46. The topological polar surface area (TPSA) is 19.9 Å². The second-order valence-electron chi connectivity index (χ2n) is 3.69. The van der Waals surface area contributed by atoms with Crippen molar-refractivity contribution < 1.29 is 5.32 Å². The third-order valence-corrected chi connectivity index (χ3v) is 2.61. The lowest BCUT2D eigenvalue weighted by Crippen LogP contribution is -2.89. The molecule has 0 radical (unpaired) electrons. The first-order valence-corrected chi connectivity index (χ1v) is 4.99. The number of hydrogen-bond acceptors (Lipinski definition) is 1. The number of anilines is 1. The Bertz CT molecular complexity index is 260. The summed E-state index contributed by atoms with van der Waals surface area (Å²) < 4.78 is 0. The maximum atomic E-state index is 2.46. The van der Waals surface area contributed by atoms with E-state index in [4.69, 9.17) is 0 Å². The van der Waals surface area contributed by atoms with E-state index in [-0.39, 0.29) is 0 Å². The molecule has 0 unspecified atom stereocenters. The van der Waals surface area contributed by atoms with Gasteiger partial charge in [-0.25, -0.2) is 0 Å². The molecule has 1 aliphatic rings. The highest BCUT2D eigenvalue weighted by Gasteiger charge is 2.11. The van der Waals surface area contributed by atoms with Crippen LogP contribution in [0.1, 0.15) is 5.56 Å². The highest BCUT2D eigenvalue weighted by Crippen LogP contribution is 2.14. The molecule has 1 aromatic carbocycles. The highest BCUT2D eigenvalue weighted by atomic mass is 15.2. The van der Waals surface area contributed by atoms with Gasteiger partial charge in [-0.15, -0.1) is 0 Å². The maximum absolute atomic E-state index is 2.46. The summed E-state index contributed by atoms with van der Waals surface area (Å²) in [6.45, 7) is 6.96. The number of nitrogens with two attached hydrogens (primary N) is 1. The van der Waals surface area contributed by atoms with Gasteiger partial charge in [0.25, 0.3) is 0 Å². The first kappa shape index (κ1) is 8.57. The number of piperazine rings is 1. The smallest absolute Gasteiger partial charge is 0.0934 e. The van der Waals surface area contributed by atoms with Crippen molar-refractivity contribution in [3.63, 3.8) is 0 Å². The molecule has 1 fully saturated rings. The average Bonchev–Trinajstić information content (AvgIpc) is 2.20. The van der Waals surface area contributed by atoms with Crippen molar-refractivity contribution in [3.05, 3.63) is 29.8 Å². The fraction of sp³-hybridized carbons (Fsp3) is 0.455. The lowest BCUT2D eigenvalue weighted by atomic mass is 10.2. The summed E-state index contributed by atoms with van der Waals surface area (Å²) >= 11 is 0. The van der Waals surface area contributed by atoms with Crippen LogP contribution in [0.3, 0.4) is 0 Å². The van der Waals surface area contributed by atoms with Crippen LogP contribution in [-0.4, -0.2) is 26.2 Å². The monoisotopic (exact) mass is 177 g/mol. The van der Waals surface area contributed by atoms with Crippen LogP contribution < -0.4 is 10.2 Å². The van der Waals surface area contributed by atoms with Crippen LogP contribution in [0.15, 0.2) is 24.3 Å². The molecule has 2 heteroatoms. The summed E-state index contributed by atoms with van der Waals surface area (Å²) in [5.74, 6) is 0. The van der Waals surface area contributed by atoms with Crippen molar-refractivity contribution in [2.75, 3.05) is 31.1 Å². The van der Waals surface area contributed by atoms with Gasteiger partial charge >= 0.3 is 0 Å². The summed E-state index contributed by atoms with van der Waals surface area (Å²) in [7, 11) is 0. The maximum Gasteiger partial charge on any atom is 0.0934 e. The number of quaternary nitrogens is 1. The number of aryl methyl sites for hydroxylation is 1. The molecule has 2 N–H and O–H groups in total. The molecule has 1 aromatic rings. The normalized spacial score (nSPS) is 17.5. The zero-order valence-electron chi connectivity index (χ0n) is 8.16. The fourth-order valence-corrected chi connectivity index (χ4v) is 1.76. The van der Waals surface area contributed by atoms with Crippen LogP contribution in [0.5, 0.6) is 0 Å². The molecule has 70 valence electrons. The highest BCUT2D eigenvalue weighted by molar-refractivity contribution is 5.47. The van der Waals surface area contributed by atoms with Gasteiger partial charge in [0.2, 0.25) is 0 Å². The first-order valence-electron chi connectivity index (χ1n) is 4.99. The molecule has 1 saturated heterocycles. The van der Waals surface area contributed by atoms with Gasteiger partial charge in [-0.1, -0.05) is 17.7 Å². The third-order valence-electron chi connectivity index (χ3n) is 2.61. The van der Waals surface area contributed by atoms with E-state index >= 15 is 0 Å². The van der Waals surface area contributed by atoms with E-state index in [2.05, 4.69) is 41.4 Å². The van der Waals surface area contributed by atoms with Gasteiger partial charge in [0.15, 0.2) is 0 Å². The van der Waals surface area contributed by atoms with E-state index in [1.54, 1.807) is 0 Å². The van der Waals surface area contributed by atoms with Crippen LogP contribution in [0.4, 0.5) is 5.69 Å². The Morgan fingerprint density at radius 3 is 2.31 bits per heavy atom. The zero-order valence-corrected chi connectivity index (χ0v) is 8.16. The summed E-state index contributed by atoms with van der Waals surface area (Å²) in [5.41, 5.74) is 2.71. The van der Waals surface area contributed by atoms with Crippen molar-refractivity contribution in [2.24, 2.45) is 0 Å². The van der Waals surface area contributed by atoms with Crippen molar-refractivity contribution in [1.29, 1.82) is 0 Å². The van der Waals surface area contributed by atoms with E-state index in [0.29, 0.717) is 0 Å². The standard InChI is InChI=1S/C11H16N2/c1-10-2-4-11(5-3-10)13-8-6-12-7-9-13/h2-5,12H,6-9H2,1H3/p+1. The Labute approximate surface area is 79.6 Å². The Balaban J connectivity index is 2.10. The predicted octanol–water partition coefficient (Wildman–Crippen LogP) is 0.378. The summed E-state index contributed by atoms with van der Waals surface area (Å²) in [5, 5.41) is 2.38. The van der Waals surface area contributed by atoms with Crippen molar-refractivity contribution >= 4 is 5.69 Å². The largest absolute Gasteiger partial charge is 0.360 e. The Morgan fingerprint density at radius 1 is 1.08 bits per heavy atom. The molecule has 2 rings (SSSR count). The molecular formula is C11H17N2+. The lowest BCUT2D eigenvalue weighted by molar-refractivity contribution is -0.655. The molecule has 0 spiro atoms. The van der Waals surface area contributed by atoms with Crippen LogP contribution >= 0.6 is 0 Å². The van der Waals surface area contributed by atoms with Crippen molar-refractivity contribution in [1.82, 2.24) is 0 Å². The molecule has 2 nitrogen and oxygen atoms in total. The molecule has 0 atom stereocenters. The predicted molar refractivity (Wildman–Crippen MR) is 55.1 cm³/mol. The first-order chi connectivity index (χ1) is 6.36. The van der Waals surface area contributed by atoms with Gasteiger partial charge in [0, 0.05) is 5.69 Å². The fourth-order valence-electron chi connectivity index (χ4n) is 1.76. The van der Waals surface area contributed by atoms with E-state index in [1.807, 2.05) is 0 Å². The number of rotatable bonds is 1. The van der Waals surface area contributed by atoms with E-state index in [9.17, 15) is 0 Å². The molecule has 0 bridgehead atoms. The van der Waals surface area contributed by atoms with E-state index < -0.39 is 0 Å². The number of nitrogens with zero attached hydrogens (tertiary/aromatic N) is 1. The van der Waals surface area contributed by atoms with E-state index in [1.165, 1.54) is 37.4 Å². The van der Waals surface area contributed by atoms with Crippen molar-refractivity contribution in [2.45, 2.75) is 6.92 Å². The van der Waals surface area contributed by atoms with Crippen LogP contribution in [0.25, 0.3) is 0 Å². The number of hydrogen-bond donors (Lipinski definition) is 1. The number of benzene rings is 1. The van der Waals surface area contributed by atoms with Crippen molar-refractivity contribution in [3.8, 4) is 0 Å². The lowest BCUT2D eigenvalue weighted by Gasteiger charge is -2.27. The third kappa shape index (κ3) is 2.01. The summed E-state index contributed by atoms with van der Waals surface area (Å²) in [6, 6.07) is 8.82. The van der Waals surface area contributed by atoms with Crippen LogP contribution in [0, 0.1) is 6.92 Å². The van der Waals surface area contributed by atoms with Gasteiger partial charge in [-0.05, 0) is 19.1 Å². The molecule has 0 aliphatic carbocycles. The van der Waals surface area contributed by atoms with Gasteiger partial charge in [0.05, 0.1) is 26.2 Å². The second kappa shape index (κ2) is 3.79. The van der Waals surface area contributed by atoms with Crippen LogP contribution in [-0.2, 0) is 0 Å². The molecule has 0 amide bonds. The average molecular weight is 177 g/mol. The molecule has 0 aromatic heterocycles. The quantitative estimate of drug-likeness (QED) is 0.657. The van der Waals surface area contributed by atoms with Gasteiger partial charge in [-0.3, -0.25) is 0 Å². The zero-order chi connectivity index (χ0) is 9.10. The summed E-state index contributed by atoms with van der Waals surface area (Å²) in [6.07, 6.45) is 0. The van der Waals surface area contributed by atoms with Gasteiger partial charge in [-0.2, -0.15) is 0 Å². The second-order valence-corrected chi connectivity index (χ2v) is 3.69. The minimum Gasteiger partial charge on any atom is -0.360 e. The van der Waals surface area contributed by atoms with E-state index in [0.717, 1.165) is 0 Å². The molecule has 1 heterocycles. The Hall–Kier alpha value is -1.02. The van der Waals surface area contributed by atoms with Gasteiger partial charge in [0.1, 0.15) is 0 Å². The SMILES string of the molecule is Cc1ccc(N2CC[NH2+]CC2)cc1.